The second-order valence-electron chi connectivity index (χ2n) is 9.77. The van der Waals surface area contributed by atoms with Crippen LogP contribution in [0.25, 0.3) is 0 Å². The third-order valence-electron chi connectivity index (χ3n) is 7.16. The van der Waals surface area contributed by atoms with Gasteiger partial charge in [0.25, 0.3) is 0 Å². The van der Waals surface area contributed by atoms with E-state index in [-0.39, 0.29) is 0 Å². The summed E-state index contributed by atoms with van der Waals surface area (Å²) in [6.45, 7) is 10.2. The lowest BCUT2D eigenvalue weighted by Crippen LogP contribution is -2.38. The van der Waals surface area contributed by atoms with Gasteiger partial charge in [0.05, 0.1) is 33.5 Å². The third kappa shape index (κ3) is 7.40. The maximum atomic E-state index is 6.17. The Morgan fingerprint density at radius 1 is 0.737 bits per heavy atom. The van der Waals surface area contributed by atoms with Crippen LogP contribution in [0.5, 0.6) is 11.5 Å². The molecule has 0 atom stereocenters. The Hall–Kier alpha value is -3.26. The summed E-state index contributed by atoms with van der Waals surface area (Å²) in [6.07, 6.45) is 0. The summed E-state index contributed by atoms with van der Waals surface area (Å²) in [5.41, 5.74) is 4.86. The Labute approximate surface area is 226 Å². The molecule has 38 heavy (non-hydrogen) atoms. The van der Waals surface area contributed by atoms with Crippen molar-refractivity contribution in [3.05, 3.63) is 83.9 Å². The number of nitrogens with zero attached hydrogens (tertiary/aromatic N) is 3. The molecule has 3 aromatic carbocycles. The molecule has 0 amide bonds. The molecule has 2 aliphatic heterocycles. The van der Waals surface area contributed by atoms with Gasteiger partial charge in [-0.3, -0.25) is 4.90 Å². The van der Waals surface area contributed by atoms with Crippen molar-refractivity contribution in [2.75, 3.05) is 82.7 Å². The van der Waals surface area contributed by atoms with Gasteiger partial charge in [-0.2, -0.15) is 0 Å². The summed E-state index contributed by atoms with van der Waals surface area (Å²) < 4.78 is 22.6. The first-order valence-electron chi connectivity index (χ1n) is 13.6. The molecule has 202 valence electrons. The van der Waals surface area contributed by atoms with Crippen LogP contribution >= 0.6 is 0 Å². The van der Waals surface area contributed by atoms with E-state index in [9.17, 15) is 0 Å². The summed E-state index contributed by atoms with van der Waals surface area (Å²) >= 11 is 0. The predicted octanol–water partition coefficient (Wildman–Crippen LogP) is 4.45. The first kappa shape index (κ1) is 26.4. The van der Waals surface area contributed by atoms with Crippen LogP contribution in [-0.4, -0.2) is 77.8 Å². The molecule has 0 aliphatic carbocycles. The fraction of sp³-hybridized carbons (Fsp3) is 0.419. The maximum Gasteiger partial charge on any atom is 0.121 e. The molecule has 0 N–H and O–H groups in total. The lowest BCUT2D eigenvalue weighted by atomic mass is 10.1. The van der Waals surface area contributed by atoms with E-state index in [0.29, 0.717) is 6.61 Å². The normalized spacial score (nSPS) is 16.3. The predicted molar refractivity (Wildman–Crippen MR) is 152 cm³/mol. The fourth-order valence-corrected chi connectivity index (χ4v) is 4.97. The molecule has 0 unspecified atom stereocenters. The van der Waals surface area contributed by atoms with E-state index >= 15 is 0 Å². The van der Waals surface area contributed by atoms with Crippen molar-refractivity contribution in [1.82, 2.24) is 4.90 Å². The van der Waals surface area contributed by atoms with Gasteiger partial charge in [-0.25, -0.2) is 0 Å². The molecule has 2 aliphatic rings. The summed E-state index contributed by atoms with van der Waals surface area (Å²) in [4.78, 5) is 7.18. The highest BCUT2D eigenvalue weighted by atomic mass is 16.5. The highest BCUT2D eigenvalue weighted by molar-refractivity contribution is 5.53. The van der Waals surface area contributed by atoms with Crippen LogP contribution < -0.4 is 19.3 Å². The Kier molecular flexibility index (Phi) is 9.37. The van der Waals surface area contributed by atoms with Crippen molar-refractivity contribution >= 4 is 11.4 Å². The van der Waals surface area contributed by atoms with Gasteiger partial charge < -0.3 is 28.7 Å². The minimum atomic E-state index is 0.669. The van der Waals surface area contributed by atoms with Crippen molar-refractivity contribution in [1.29, 1.82) is 0 Å². The standard InChI is InChI=1S/C31H39N3O4/c1-35-30-6-2-4-27(22-30)25-34(24-26-8-10-28(11-9-26)33-15-19-37-20-16-33)29-5-3-7-31(23-29)38-21-14-32-12-17-36-18-13-32/h2-11,22-23H,12-21,24-25H2,1H3. The van der Waals surface area contributed by atoms with Gasteiger partial charge in [-0.1, -0.05) is 30.3 Å². The van der Waals surface area contributed by atoms with E-state index in [2.05, 4.69) is 75.4 Å². The molecule has 7 heteroatoms. The summed E-state index contributed by atoms with van der Waals surface area (Å²) in [5.74, 6) is 1.77. The van der Waals surface area contributed by atoms with Gasteiger partial charge in [-0.15, -0.1) is 0 Å². The molecule has 0 radical (unpaired) electrons. The minimum absolute atomic E-state index is 0.669. The van der Waals surface area contributed by atoms with Crippen LogP contribution in [0.4, 0.5) is 11.4 Å². The fourth-order valence-electron chi connectivity index (χ4n) is 4.97. The number of hydrogen-bond donors (Lipinski definition) is 0. The number of anilines is 2. The lowest BCUT2D eigenvalue weighted by Gasteiger charge is -2.29. The van der Waals surface area contributed by atoms with Gasteiger partial charge in [0.2, 0.25) is 0 Å². The van der Waals surface area contributed by atoms with Crippen molar-refractivity contribution in [3.63, 3.8) is 0 Å². The van der Waals surface area contributed by atoms with Crippen LogP contribution in [0.3, 0.4) is 0 Å². The zero-order valence-electron chi connectivity index (χ0n) is 22.4. The van der Waals surface area contributed by atoms with E-state index in [1.807, 2.05) is 12.1 Å². The zero-order valence-corrected chi connectivity index (χ0v) is 22.4. The van der Waals surface area contributed by atoms with E-state index in [4.69, 9.17) is 18.9 Å². The monoisotopic (exact) mass is 517 g/mol. The zero-order chi connectivity index (χ0) is 26.0. The van der Waals surface area contributed by atoms with Crippen molar-refractivity contribution < 1.29 is 18.9 Å². The molecule has 7 nitrogen and oxygen atoms in total. The van der Waals surface area contributed by atoms with E-state index in [1.54, 1.807) is 7.11 Å². The number of hydrogen-bond acceptors (Lipinski definition) is 7. The molecule has 2 heterocycles. The van der Waals surface area contributed by atoms with E-state index in [1.165, 1.54) is 16.8 Å². The van der Waals surface area contributed by atoms with Crippen LogP contribution in [0, 0.1) is 0 Å². The second-order valence-corrected chi connectivity index (χ2v) is 9.77. The van der Waals surface area contributed by atoms with Crippen molar-refractivity contribution in [2.45, 2.75) is 13.1 Å². The smallest absolute Gasteiger partial charge is 0.121 e. The third-order valence-corrected chi connectivity index (χ3v) is 7.16. The lowest BCUT2D eigenvalue weighted by molar-refractivity contribution is 0.0322. The summed E-state index contributed by atoms with van der Waals surface area (Å²) in [7, 11) is 1.71. The topological polar surface area (TPSA) is 46.6 Å². The molecule has 2 fully saturated rings. The van der Waals surface area contributed by atoms with E-state index < -0.39 is 0 Å². The quantitative estimate of drug-likeness (QED) is 0.372. The Balaban J connectivity index is 1.30. The maximum absolute atomic E-state index is 6.17. The van der Waals surface area contributed by atoms with Crippen molar-refractivity contribution in [3.8, 4) is 11.5 Å². The average Bonchev–Trinajstić information content (AvgIpc) is 2.98. The molecule has 0 aromatic heterocycles. The molecule has 0 saturated carbocycles. The highest BCUT2D eigenvalue weighted by Crippen LogP contribution is 2.27. The van der Waals surface area contributed by atoms with Crippen molar-refractivity contribution in [2.24, 2.45) is 0 Å². The average molecular weight is 518 g/mol. The SMILES string of the molecule is COc1cccc(CN(Cc2ccc(N3CCOCC3)cc2)c2cccc(OCCN3CCOCC3)c2)c1. The van der Waals surface area contributed by atoms with Crippen LogP contribution in [0.1, 0.15) is 11.1 Å². The van der Waals surface area contributed by atoms with Gasteiger partial charge in [0, 0.05) is 63.3 Å². The summed E-state index contributed by atoms with van der Waals surface area (Å²) in [6, 6.07) is 25.7. The van der Waals surface area contributed by atoms with Gasteiger partial charge in [0.1, 0.15) is 18.1 Å². The number of benzene rings is 3. The molecule has 0 bridgehead atoms. The molecule has 0 spiro atoms. The Morgan fingerprint density at radius 3 is 2.18 bits per heavy atom. The van der Waals surface area contributed by atoms with E-state index in [0.717, 1.165) is 89.4 Å². The minimum Gasteiger partial charge on any atom is -0.497 e. The first-order chi connectivity index (χ1) is 18.8. The molecule has 5 rings (SSSR count). The molecule has 2 saturated heterocycles. The van der Waals surface area contributed by atoms with Gasteiger partial charge in [-0.05, 0) is 47.5 Å². The number of morpholine rings is 2. The van der Waals surface area contributed by atoms with Crippen LogP contribution in [0.15, 0.2) is 72.8 Å². The van der Waals surface area contributed by atoms with Gasteiger partial charge in [0.15, 0.2) is 0 Å². The molecular formula is C31H39N3O4. The van der Waals surface area contributed by atoms with Gasteiger partial charge >= 0.3 is 0 Å². The van der Waals surface area contributed by atoms with Crippen LogP contribution in [0.2, 0.25) is 0 Å². The van der Waals surface area contributed by atoms with Crippen LogP contribution in [-0.2, 0) is 22.6 Å². The Morgan fingerprint density at radius 2 is 1.42 bits per heavy atom. The number of methoxy groups -OCH3 is 1. The number of ether oxygens (including phenoxy) is 4. The molecule has 3 aromatic rings. The first-order valence-corrected chi connectivity index (χ1v) is 13.6. The number of rotatable bonds is 11. The molecular weight excluding hydrogens is 478 g/mol. The largest absolute Gasteiger partial charge is 0.497 e. The highest BCUT2D eigenvalue weighted by Gasteiger charge is 2.14. The Bertz CT molecular complexity index is 1130. The summed E-state index contributed by atoms with van der Waals surface area (Å²) in [5, 5.41) is 0. The second kappa shape index (κ2) is 13.5.